The second kappa shape index (κ2) is 4.23. The lowest BCUT2D eigenvalue weighted by molar-refractivity contribution is -0.122. The zero-order chi connectivity index (χ0) is 10.1. The van der Waals surface area contributed by atoms with Crippen LogP contribution in [0.4, 0.5) is 0 Å². The maximum atomic E-state index is 11.7. The van der Waals surface area contributed by atoms with Crippen molar-refractivity contribution in [3.63, 3.8) is 0 Å². The van der Waals surface area contributed by atoms with Crippen molar-refractivity contribution in [2.24, 2.45) is 5.92 Å². The molecular formula is C11H19NOS. The third-order valence-corrected chi connectivity index (χ3v) is 4.83. The Kier molecular flexibility index (Phi) is 3.17. The average Bonchev–Trinajstić information content (AvgIpc) is 2.56. The van der Waals surface area contributed by atoms with Crippen molar-refractivity contribution >= 4 is 17.5 Å². The molecule has 3 unspecified atom stereocenters. The highest BCUT2D eigenvalue weighted by molar-refractivity contribution is 7.99. The fraction of sp³-hybridized carbons (Fsp3) is 0.909. The standard InChI is InChI=1S/C11H19NOS/c1-3-11(13)9-6-8-4-5-14-7-10(8)12(9)2/h8-10H,3-7H2,1-2H3. The van der Waals surface area contributed by atoms with Gasteiger partial charge < -0.3 is 0 Å². The largest absolute Gasteiger partial charge is 0.298 e. The van der Waals surface area contributed by atoms with Crippen LogP contribution in [0.25, 0.3) is 0 Å². The van der Waals surface area contributed by atoms with Gasteiger partial charge in [0.1, 0.15) is 5.78 Å². The lowest BCUT2D eigenvalue weighted by Crippen LogP contribution is -2.40. The quantitative estimate of drug-likeness (QED) is 0.697. The summed E-state index contributed by atoms with van der Waals surface area (Å²) in [7, 11) is 2.13. The molecule has 2 aliphatic rings. The number of carbonyl (C=O) groups excluding carboxylic acids is 1. The second-order valence-electron chi connectivity index (χ2n) is 4.43. The Morgan fingerprint density at radius 3 is 3.00 bits per heavy atom. The number of thioether (sulfide) groups is 1. The molecule has 3 atom stereocenters. The minimum Gasteiger partial charge on any atom is -0.298 e. The van der Waals surface area contributed by atoms with Crippen LogP contribution in [0.1, 0.15) is 26.2 Å². The van der Waals surface area contributed by atoms with Crippen LogP contribution in [0.5, 0.6) is 0 Å². The highest BCUT2D eigenvalue weighted by atomic mass is 32.2. The van der Waals surface area contributed by atoms with E-state index in [-0.39, 0.29) is 6.04 Å². The van der Waals surface area contributed by atoms with Crippen LogP contribution in [0.2, 0.25) is 0 Å². The van der Waals surface area contributed by atoms with E-state index in [9.17, 15) is 4.79 Å². The van der Waals surface area contributed by atoms with E-state index in [0.717, 1.165) is 12.3 Å². The van der Waals surface area contributed by atoms with Gasteiger partial charge in [0.15, 0.2) is 0 Å². The third-order valence-electron chi connectivity index (χ3n) is 3.73. The van der Waals surface area contributed by atoms with Crippen molar-refractivity contribution in [1.29, 1.82) is 0 Å². The minimum absolute atomic E-state index is 0.230. The Bertz CT molecular complexity index is 231. The van der Waals surface area contributed by atoms with Gasteiger partial charge in [-0.3, -0.25) is 9.69 Å². The molecule has 0 N–H and O–H groups in total. The lowest BCUT2D eigenvalue weighted by atomic mass is 9.95. The smallest absolute Gasteiger partial charge is 0.149 e. The predicted octanol–water partition coefficient (Wildman–Crippen LogP) is 1.79. The molecule has 2 saturated heterocycles. The van der Waals surface area contributed by atoms with Crippen LogP contribution < -0.4 is 0 Å². The molecule has 2 fully saturated rings. The van der Waals surface area contributed by atoms with E-state index in [1.807, 2.05) is 18.7 Å². The first-order chi connectivity index (χ1) is 6.74. The zero-order valence-corrected chi connectivity index (χ0v) is 9.85. The zero-order valence-electron chi connectivity index (χ0n) is 9.03. The van der Waals surface area contributed by atoms with E-state index < -0.39 is 0 Å². The van der Waals surface area contributed by atoms with Gasteiger partial charge >= 0.3 is 0 Å². The molecule has 0 aromatic heterocycles. The van der Waals surface area contributed by atoms with Gasteiger partial charge in [0.25, 0.3) is 0 Å². The van der Waals surface area contributed by atoms with Crippen molar-refractivity contribution in [3.8, 4) is 0 Å². The Hall–Kier alpha value is -0.0200. The first kappa shape index (κ1) is 10.5. The van der Waals surface area contributed by atoms with Crippen molar-refractivity contribution in [2.75, 3.05) is 18.6 Å². The van der Waals surface area contributed by atoms with Crippen LogP contribution in [0.3, 0.4) is 0 Å². The molecule has 2 nitrogen and oxygen atoms in total. The van der Waals surface area contributed by atoms with Gasteiger partial charge in [0.2, 0.25) is 0 Å². The van der Waals surface area contributed by atoms with E-state index >= 15 is 0 Å². The van der Waals surface area contributed by atoms with Crippen LogP contribution in [-0.4, -0.2) is 41.3 Å². The first-order valence-electron chi connectivity index (χ1n) is 5.56. The number of carbonyl (C=O) groups is 1. The molecule has 0 saturated carbocycles. The normalized spacial score (nSPS) is 38.3. The molecule has 0 bridgehead atoms. The number of Topliss-reactive ketones (excluding diaryl/α,β-unsaturated/α-hetero) is 1. The summed E-state index contributed by atoms with van der Waals surface area (Å²) in [4.78, 5) is 14.1. The maximum Gasteiger partial charge on any atom is 0.149 e. The Labute approximate surface area is 90.4 Å². The molecule has 14 heavy (non-hydrogen) atoms. The van der Waals surface area contributed by atoms with Crippen LogP contribution in [0, 0.1) is 5.92 Å². The molecule has 0 radical (unpaired) electrons. The molecule has 3 heteroatoms. The lowest BCUT2D eigenvalue weighted by Gasteiger charge is -2.29. The van der Waals surface area contributed by atoms with Crippen molar-refractivity contribution in [3.05, 3.63) is 0 Å². The van der Waals surface area contributed by atoms with Gasteiger partial charge in [-0.1, -0.05) is 6.92 Å². The van der Waals surface area contributed by atoms with E-state index in [1.54, 1.807) is 0 Å². The van der Waals surface area contributed by atoms with E-state index in [2.05, 4.69) is 11.9 Å². The Morgan fingerprint density at radius 2 is 2.36 bits per heavy atom. The average molecular weight is 213 g/mol. The number of nitrogens with zero attached hydrogens (tertiary/aromatic N) is 1. The molecule has 0 aromatic rings. The number of likely N-dealkylation sites (tertiary alicyclic amines) is 1. The predicted molar refractivity (Wildman–Crippen MR) is 60.7 cm³/mol. The van der Waals surface area contributed by atoms with Crippen LogP contribution in [0.15, 0.2) is 0 Å². The van der Waals surface area contributed by atoms with Crippen molar-refractivity contribution in [2.45, 2.75) is 38.3 Å². The molecule has 0 spiro atoms. The molecule has 0 aliphatic carbocycles. The van der Waals surface area contributed by atoms with Gasteiger partial charge in [-0.05, 0) is 31.6 Å². The summed E-state index contributed by atoms with van der Waals surface area (Å²) in [6.07, 6.45) is 3.13. The van der Waals surface area contributed by atoms with E-state index in [1.165, 1.54) is 17.9 Å². The second-order valence-corrected chi connectivity index (χ2v) is 5.58. The Morgan fingerprint density at radius 1 is 1.57 bits per heavy atom. The minimum atomic E-state index is 0.230. The number of likely N-dealkylation sites (N-methyl/N-ethyl adjacent to an activating group) is 1. The summed E-state index contributed by atoms with van der Waals surface area (Å²) in [5.41, 5.74) is 0. The molecule has 2 heterocycles. The molecule has 80 valence electrons. The molecule has 0 amide bonds. The highest BCUT2D eigenvalue weighted by Gasteiger charge is 2.42. The summed E-state index contributed by atoms with van der Waals surface area (Å²) in [6, 6.07) is 0.906. The summed E-state index contributed by atoms with van der Waals surface area (Å²) in [5, 5.41) is 0. The number of rotatable bonds is 2. The maximum absolute atomic E-state index is 11.7. The summed E-state index contributed by atoms with van der Waals surface area (Å²) in [5.74, 6) is 3.75. The van der Waals surface area contributed by atoms with Gasteiger partial charge in [-0.15, -0.1) is 0 Å². The van der Waals surface area contributed by atoms with E-state index in [4.69, 9.17) is 0 Å². The molecule has 2 aliphatic heterocycles. The van der Waals surface area contributed by atoms with Gasteiger partial charge in [0.05, 0.1) is 6.04 Å². The molecule has 2 rings (SSSR count). The summed E-state index contributed by atoms with van der Waals surface area (Å²) >= 11 is 2.04. The summed E-state index contributed by atoms with van der Waals surface area (Å²) in [6.45, 7) is 1.98. The number of hydrogen-bond acceptors (Lipinski definition) is 3. The number of hydrogen-bond donors (Lipinski definition) is 0. The molecule has 0 aromatic carbocycles. The topological polar surface area (TPSA) is 20.3 Å². The molecular weight excluding hydrogens is 194 g/mol. The SMILES string of the molecule is CCC(=O)C1CC2CCSCC2N1C. The fourth-order valence-corrected chi connectivity index (χ4v) is 4.16. The third kappa shape index (κ3) is 1.72. The fourth-order valence-electron chi connectivity index (χ4n) is 2.77. The number of ketones is 1. The van der Waals surface area contributed by atoms with Crippen LogP contribution >= 0.6 is 11.8 Å². The van der Waals surface area contributed by atoms with E-state index in [0.29, 0.717) is 18.2 Å². The highest BCUT2D eigenvalue weighted by Crippen LogP contribution is 2.37. The Balaban J connectivity index is 2.06. The van der Waals surface area contributed by atoms with Gasteiger partial charge in [-0.2, -0.15) is 11.8 Å². The van der Waals surface area contributed by atoms with Crippen molar-refractivity contribution < 1.29 is 4.79 Å². The van der Waals surface area contributed by atoms with Gasteiger partial charge in [0, 0.05) is 18.2 Å². The number of fused-ring (bicyclic) bond motifs is 1. The van der Waals surface area contributed by atoms with Gasteiger partial charge in [-0.25, -0.2) is 0 Å². The van der Waals surface area contributed by atoms with Crippen LogP contribution in [-0.2, 0) is 4.79 Å². The van der Waals surface area contributed by atoms with Crippen molar-refractivity contribution in [1.82, 2.24) is 4.90 Å². The first-order valence-corrected chi connectivity index (χ1v) is 6.72. The summed E-state index contributed by atoms with van der Waals surface area (Å²) < 4.78 is 0. The monoisotopic (exact) mass is 213 g/mol.